The topological polar surface area (TPSA) is 103 Å². The number of benzene rings is 1. The van der Waals surface area contributed by atoms with E-state index in [1.54, 1.807) is 18.2 Å². The molecule has 1 aromatic heterocycles. The molecule has 25 heavy (non-hydrogen) atoms. The molecule has 1 saturated heterocycles. The maximum absolute atomic E-state index is 13.2. The van der Waals surface area contributed by atoms with Crippen LogP contribution in [0.4, 0.5) is 0 Å². The molecule has 0 amide bonds. The number of hydrogen-bond donors (Lipinski definition) is 3. The highest BCUT2D eigenvalue weighted by Gasteiger charge is 2.54. The number of ether oxygens (including phenoxy) is 2. The second-order valence-electron chi connectivity index (χ2n) is 7.54. The van der Waals surface area contributed by atoms with Crippen molar-refractivity contribution in [1.29, 1.82) is 0 Å². The van der Waals surface area contributed by atoms with E-state index in [2.05, 4.69) is 4.98 Å². The molecule has 2 heterocycles. The average Bonchev–Trinajstić information content (AvgIpc) is 3.05. The molecule has 2 fully saturated rings. The Hall–Kier alpha value is -1.44. The van der Waals surface area contributed by atoms with Crippen molar-refractivity contribution in [2.24, 2.45) is 11.5 Å². The highest BCUT2D eigenvalue weighted by Crippen LogP contribution is 2.40. The minimum atomic E-state index is -1.20. The zero-order valence-electron chi connectivity index (χ0n) is 14.2. The first kappa shape index (κ1) is 17.0. The van der Waals surface area contributed by atoms with Crippen molar-refractivity contribution < 1.29 is 14.3 Å². The molecule has 0 spiro atoms. The summed E-state index contributed by atoms with van der Waals surface area (Å²) in [6.07, 6.45) is 0.457. The van der Waals surface area contributed by atoms with Crippen molar-refractivity contribution in [1.82, 2.24) is 4.98 Å². The quantitative estimate of drug-likeness (QED) is 0.710. The second-order valence-corrected chi connectivity index (χ2v) is 7.98. The normalized spacial score (nSPS) is 34.2. The van der Waals surface area contributed by atoms with E-state index in [1.165, 1.54) is 0 Å². The van der Waals surface area contributed by atoms with Crippen LogP contribution in [0.2, 0.25) is 5.02 Å². The van der Waals surface area contributed by atoms with Gasteiger partial charge in [0.25, 0.3) is 0 Å². The molecule has 2 aromatic rings. The van der Waals surface area contributed by atoms with Gasteiger partial charge in [-0.3, -0.25) is 4.79 Å². The number of carbonyl (C=O) groups excluding carboxylic acids is 1. The lowest BCUT2D eigenvalue weighted by Gasteiger charge is -2.41. The maximum atomic E-state index is 13.2. The standard InChI is InChI=1S/C18H22ClN3O3/c1-17(2)24-13-7-15(20)18(21,8-14(13)25-17)16(23)12-6-9-5-10(19)3-4-11(9)22-12/h3-6,13-15,22H,7-8,20-21H2,1-2H3. The first-order valence-corrected chi connectivity index (χ1v) is 8.79. The first-order valence-electron chi connectivity index (χ1n) is 8.41. The molecule has 1 aromatic carbocycles. The van der Waals surface area contributed by atoms with E-state index in [4.69, 9.17) is 32.5 Å². The fourth-order valence-corrected chi connectivity index (χ4v) is 4.14. The number of halogens is 1. The van der Waals surface area contributed by atoms with Gasteiger partial charge >= 0.3 is 0 Å². The molecule has 0 radical (unpaired) electrons. The fourth-order valence-electron chi connectivity index (χ4n) is 3.96. The second kappa shape index (κ2) is 5.53. The molecule has 4 rings (SSSR count). The molecule has 1 aliphatic heterocycles. The summed E-state index contributed by atoms with van der Waals surface area (Å²) in [5.74, 6) is -0.889. The molecule has 4 unspecified atom stereocenters. The Kier molecular flexibility index (Phi) is 3.76. The Labute approximate surface area is 150 Å². The number of Topliss-reactive ketones (excluding diaryl/α,β-unsaturated/α-hetero) is 1. The third-order valence-corrected chi connectivity index (χ3v) is 5.46. The summed E-state index contributed by atoms with van der Waals surface area (Å²) in [4.78, 5) is 16.3. The largest absolute Gasteiger partial charge is 0.352 e. The van der Waals surface area contributed by atoms with Crippen LogP contribution in [0.25, 0.3) is 10.9 Å². The van der Waals surface area contributed by atoms with Gasteiger partial charge in [0, 0.05) is 28.4 Å². The highest BCUT2D eigenvalue weighted by molar-refractivity contribution is 6.31. The van der Waals surface area contributed by atoms with Gasteiger partial charge in [-0.25, -0.2) is 0 Å². The lowest BCUT2D eigenvalue weighted by molar-refractivity contribution is -0.145. The third kappa shape index (κ3) is 2.78. The van der Waals surface area contributed by atoms with Gasteiger partial charge in [-0.1, -0.05) is 11.6 Å². The van der Waals surface area contributed by atoms with Crippen LogP contribution in [0.5, 0.6) is 0 Å². The number of ketones is 1. The van der Waals surface area contributed by atoms with Gasteiger partial charge in [-0.05, 0) is 44.5 Å². The van der Waals surface area contributed by atoms with Gasteiger partial charge < -0.3 is 25.9 Å². The maximum Gasteiger partial charge on any atom is 0.200 e. The molecular weight excluding hydrogens is 342 g/mol. The lowest BCUT2D eigenvalue weighted by atomic mass is 9.72. The van der Waals surface area contributed by atoms with E-state index in [1.807, 2.05) is 19.9 Å². The molecule has 5 N–H and O–H groups in total. The Morgan fingerprint density at radius 3 is 2.76 bits per heavy atom. The third-order valence-electron chi connectivity index (χ3n) is 5.22. The summed E-state index contributed by atoms with van der Waals surface area (Å²) in [6.45, 7) is 3.72. The van der Waals surface area contributed by atoms with Crippen LogP contribution in [0, 0.1) is 0 Å². The van der Waals surface area contributed by atoms with E-state index in [9.17, 15) is 4.79 Å². The summed E-state index contributed by atoms with van der Waals surface area (Å²) < 4.78 is 11.8. The summed E-state index contributed by atoms with van der Waals surface area (Å²) in [7, 11) is 0. The number of aromatic amines is 1. The van der Waals surface area contributed by atoms with Crippen LogP contribution in [0.1, 0.15) is 37.2 Å². The number of aromatic nitrogens is 1. The van der Waals surface area contributed by atoms with Gasteiger partial charge in [0.15, 0.2) is 11.6 Å². The van der Waals surface area contributed by atoms with Crippen molar-refractivity contribution >= 4 is 28.3 Å². The van der Waals surface area contributed by atoms with E-state index in [-0.39, 0.29) is 18.0 Å². The number of fused-ring (bicyclic) bond motifs is 2. The Morgan fingerprint density at radius 2 is 2.00 bits per heavy atom. The Bertz CT molecular complexity index is 849. The summed E-state index contributed by atoms with van der Waals surface area (Å²) in [5, 5.41) is 1.48. The molecule has 2 aliphatic rings. The van der Waals surface area contributed by atoms with E-state index < -0.39 is 17.4 Å². The summed E-state index contributed by atoms with van der Waals surface area (Å²) >= 11 is 6.02. The van der Waals surface area contributed by atoms with Crippen molar-refractivity contribution in [3.05, 3.63) is 35.0 Å². The molecule has 6 nitrogen and oxygen atoms in total. The molecule has 7 heteroatoms. The Morgan fingerprint density at radius 1 is 1.28 bits per heavy atom. The van der Waals surface area contributed by atoms with Crippen LogP contribution < -0.4 is 11.5 Å². The van der Waals surface area contributed by atoms with Crippen molar-refractivity contribution in [3.63, 3.8) is 0 Å². The van der Waals surface area contributed by atoms with E-state index in [0.29, 0.717) is 23.6 Å². The van der Waals surface area contributed by atoms with Crippen LogP contribution in [-0.2, 0) is 9.47 Å². The average molecular weight is 364 g/mol. The zero-order valence-corrected chi connectivity index (χ0v) is 15.0. The number of hydrogen-bond acceptors (Lipinski definition) is 5. The minimum Gasteiger partial charge on any atom is -0.352 e. The molecule has 0 bridgehead atoms. The van der Waals surface area contributed by atoms with Crippen LogP contribution in [-0.4, -0.2) is 40.3 Å². The number of nitrogens with two attached hydrogens (primary N) is 2. The molecule has 4 atom stereocenters. The molecule has 134 valence electrons. The molecule has 1 aliphatic carbocycles. The van der Waals surface area contributed by atoms with Crippen LogP contribution in [0.15, 0.2) is 24.3 Å². The summed E-state index contributed by atoms with van der Waals surface area (Å²) in [6, 6.07) is 6.68. The van der Waals surface area contributed by atoms with Crippen molar-refractivity contribution in [2.45, 2.75) is 56.3 Å². The number of carbonyl (C=O) groups is 1. The van der Waals surface area contributed by atoms with Gasteiger partial charge in [0.1, 0.15) is 0 Å². The predicted molar refractivity (Wildman–Crippen MR) is 95.6 cm³/mol. The smallest absolute Gasteiger partial charge is 0.200 e. The van der Waals surface area contributed by atoms with E-state index in [0.717, 1.165) is 10.9 Å². The monoisotopic (exact) mass is 363 g/mol. The molecule has 1 saturated carbocycles. The van der Waals surface area contributed by atoms with E-state index >= 15 is 0 Å². The number of rotatable bonds is 2. The fraction of sp³-hybridized carbons (Fsp3) is 0.500. The van der Waals surface area contributed by atoms with Crippen LogP contribution in [0.3, 0.4) is 0 Å². The Balaban J connectivity index is 1.65. The van der Waals surface area contributed by atoms with Gasteiger partial charge in [-0.15, -0.1) is 0 Å². The summed E-state index contributed by atoms with van der Waals surface area (Å²) in [5.41, 5.74) is 12.9. The zero-order chi connectivity index (χ0) is 18.0. The van der Waals surface area contributed by atoms with Gasteiger partial charge in [0.05, 0.1) is 23.4 Å². The SMILES string of the molecule is CC1(C)OC2CC(N)C(N)(C(=O)c3cc4cc(Cl)ccc4[nH]3)CC2O1. The highest BCUT2D eigenvalue weighted by atomic mass is 35.5. The number of nitrogens with one attached hydrogen (secondary N) is 1. The molecular formula is C18H22ClN3O3. The van der Waals surface area contributed by atoms with Crippen molar-refractivity contribution in [2.75, 3.05) is 0 Å². The van der Waals surface area contributed by atoms with Gasteiger partial charge in [0.2, 0.25) is 0 Å². The van der Waals surface area contributed by atoms with Gasteiger partial charge in [-0.2, -0.15) is 0 Å². The predicted octanol–water partition coefficient (Wildman–Crippen LogP) is 2.34. The number of H-pyrrole nitrogens is 1. The van der Waals surface area contributed by atoms with Crippen LogP contribution >= 0.6 is 11.6 Å². The lowest BCUT2D eigenvalue weighted by Crippen LogP contribution is -2.66. The minimum absolute atomic E-state index is 0.129. The van der Waals surface area contributed by atoms with Crippen molar-refractivity contribution in [3.8, 4) is 0 Å². The first-order chi connectivity index (χ1) is 11.7.